The van der Waals surface area contributed by atoms with Gasteiger partial charge in [0.1, 0.15) is 12.4 Å². The molecule has 1 saturated carbocycles. The second-order valence-corrected chi connectivity index (χ2v) is 7.94. The van der Waals surface area contributed by atoms with Crippen LogP contribution in [-0.2, 0) is 9.59 Å². The molecule has 7 heteroatoms. The number of hydrogen-bond acceptors (Lipinski definition) is 3. The highest BCUT2D eigenvalue weighted by Crippen LogP contribution is 2.34. The van der Waals surface area contributed by atoms with Crippen molar-refractivity contribution in [1.29, 1.82) is 0 Å². The lowest BCUT2D eigenvalue weighted by atomic mass is 9.98. The molecule has 2 aliphatic rings. The van der Waals surface area contributed by atoms with E-state index >= 15 is 0 Å². The fraction of sp³-hybridized carbons (Fsp3) is 0.318. The maximum atomic E-state index is 14.3. The van der Waals surface area contributed by atoms with Crippen molar-refractivity contribution in [1.82, 2.24) is 9.91 Å². The number of carbonyl (C=O) groups is 2. The molecule has 0 bridgehead atoms. The third-order valence-electron chi connectivity index (χ3n) is 5.28. The van der Waals surface area contributed by atoms with Gasteiger partial charge in [-0.2, -0.15) is 5.10 Å². The number of halogens is 2. The molecular weight excluding hydrogens is 393 g/mol. The number of rotatable bonds is 5. The lowest BCUT2D eigenvalue weighted by Crippen LogP contribution is -2.39. The van der Waals surface area contributed by atoms with Crippen LogP contribution < -0.4 is 0 Å². The van der Waals surface area contributed by atoms with Crippen LogP contribution in [0, 0.1) is 11.7 Å². The molecule has 5 nitrogen and oxygen atoms in total. The van der Waals surface area contributed by atoms with E-state index < -0.39 is 0 Å². The molecule has 2 aromatic carbocycles. The molecule has 150 valence electrons. The molecule has 1 atom stereocenters. The summed E-state index contributed by atoms with van der Waals surface area (Å²) in [5, 5.41) is 6.43. The van der Waals surface area contributed by atoms with E-state index in [0.29, 0.717) is 22.7 Å². The minimum Gasteiger partial charge on any atom is -0.336 e. The summed E-state index contributed by atoms with van der Waals surface area (Å²) in [4.78, 5) is 26.7. The largest absolute Gasteiger partial charge is 0.336 e. The summed E-state index contributed by atoms with van der Waals surface area (Å²) in [6.45, 7) is -0.0620. The van der Waals surface area contributed by atoms with E-state index in [0.717, 1.165) is 18.4 Å². The molecular formula is C22H21ClFN3O2. The van der Waals surface area contributed by atoms with Crippen LogP contribution in [0.4, 0.5) is 4.39 Å². The van der Waals surface area contributed by atoms with Crippen molar-refractivity contribution in [3.8, 4) is 0 Å². The lowest BCUT2D eigenvalue weighted by molar-refractivity contribution is -0.141. The fourth-order valence-electron chi connectivity index (χ4n) is 3.54. The molecule has 2 aromatic rings. The molecule has 1 fully saturated rings. The monoisotopic (exact) mass is 413 g/mol. The van der Waals surface area contributed by atoms with Gasteiger partial charge >= 0.3 is 0 Å². The zero-order valence-electron chi connectivity index (χ0n) is 16.0. The smallest absolute Gasteiger partial charge is 0.262 e. The zero-order valence-corrected chi connectivity index (χ0v) is 16.8. The second kappa shape index (κ2) is 7.95. The predicted octanol–water partition coefficient (Wildman–Crippen LogP) is 4.03. The average Bonchev–Trinajstić information content (AvgIpc) is 3.47. The Labute approximate surface area is 173 Å². The minimum atomic E-state index is -0.378. The first-order valence-electron chi connectivity index (χ1n) is 9.59. The quantitative estimate of drug-likeness (QED) is 0.743. The topological polar surface area (TPSA) is 53.0 Å². The minimum absolute atomic E-state index is 0.0149. The first kappa shape index (κ1) is 19.6. The van der Waals surface area contributed by atoms with Gasteiger partial charge in [0.05, 0.1) is 11.8 Å². The maximum Gasteiger partial charge on any atom is 0.262 e. The van der Waals surface area contributed by atoms with E-state index in [-0.39, 0.29) is 36.1 Å². The van der Waals surface area contributed by atoms with E-state index in [1.807, 2.05) is 12.1 Å². The van der Waals surface area contributed by atoms with Crippen molar-refractivity contribution >= 4 is 29.1 Å². The summed E-state index contributed by atoms with van der Waals surface area (Å²) in [6.07, 6.45) is 2.14. The van der Waals surface area contributed by atoms with Gasteiger partial charge in [0.25, 0.3) is 5.91 Å². The number of nitrogens with zero attached hydrogens (tertiary/aromatic N) is 3. The Morgan fingerprint density at radius 2 is 1.86 bits per heavy atom. The van der Waals surface area contributed by atoms with Crippen molar-refractivity contribution in [2.45, 2.75) is 25.3 Å². The number of carbonyl (C=O) groups excluding carboxylic acids is 2. The van der Waals surface area contributed by atoms with Crippen LogP contribution in [0.25, 0.3) is 0 Å². The zero-order chi connectivity index (χ0) is 20.5. The molecule has 0 N–H and O–H groups in total. The van der Waals surface area contributed by atoms with Gasteiger partial charge in [0.2, 0.25) is 5.91 Å². The van der Waals surface area contributed by atoms with Gasteiger partial charge in [0.15, 0.2) is 0 Å². The van der Waals surface area contributed by atoms with Crippen LogP contribution in [0.1, 0.15) is 36.4 Å². The number of amides is 2. The fourth-order valence-corrected chi connectivity index (χ4v) is 3.66. The molecule has 1 aliphatic heterocycles. The summed E-state index contributed by atoms with van der Waals surface area (Å²) in [7, 11) is 1.63. The van der Waals surface area contributed by atoms with Gasteiger partial charge in [0, 0.05) is 30.0 Å². The van der Waals surface area contributed by atoms with Gasteiger partial charge in [-0.3, -0.25) is 9.59 Å². The summed E-state index contributed by atoms with van der Waals surface area (Å²) in [5.74, 6) is -0.654. The Morgan fingerprint density at radius 1 is 1.17 bits per heavy atom. The van der Waals surface area contributed by atoms with Gasteiger partial charge in [-0.05, 0) is 36.6 Å². The van der Waals surface area contributed by atoms with Crippen LogP contribution in [0.2, 0.25) is 5.02 Å². The number of hydrazone groups is 1. The summed E-state index contributed by atoms with van der Waals surface area (Å²) in [6, 6.07) is 13.2. The second-order valence-electron chi connectivity index (χ2n) is 7.50. The molecule has 2 amide bonds. The van der Waals surface area contributed by atoms with E-state index in [1.54, 1.807) is 37.4 Å². The van der Waals surface area contributed by atoms with Gasteiger partial charge < -0.3 is 4.90 Å². The van der Waals surface area contributed by atoms with Crippen molar-refractivity contribution < 1.29 is 14.0 Å². The number of benzene rings is 2. The van der Waals surface area contributed by atoms with Crippen molar-refractivity contribution in [2.24, 2.45) is 11.0 Å². The maximum absolute atomic E-state index is 14.3. The first-order chi connectivity index (χ1) is 13.9. The highest BCUT2D eigenvalue weighted by atomic mass is 35.5. The van der Waals surface area contributed by atoms with Crippen molar-refractivity contribution in [2.75, 3.05) is 13.6 Å². The Hall–Kier alpha value is -2.73. The van der Waals surface area contributed by atoms with Crippen LogP contribution in [0.15, 0.2) is 53.6 Å². The standard InChI is InChI=1S/C22H21ClFN3O2/c1-26(22(29)15-6-7-15)13-21(28)27-20(14-8-10-16(23)11-9-14)12-19(25-27)17-4-2-3-5-18(17)24/h2-5,8-11,15,20H,6-7,12-13H2,1H3/t20-/m0/s1. The highest BCUT2D eigenvalue weighted by molar-refractivity contribution is 6.30. The summed E-state index contributed by atoms with van der Waals surface area (Å²) < 4.78 is 14.3. The normalized spacial score (nSPS) is 18.5. The summed E-state index contributed by atoms with van der Waals surface area (Å²) >= 11 is 6.00. The molecule has 0 aromatic heterocycles. The van der Waals surface area contributed by atoms with Crippen molar-refractivity contribution in [3.63, 3.8) is 0 Å². The van der Waals surface area contributed by atoms with E-state index in [9.17, 15) is 14.0 Å². The third-order valence-corrected chi connectivity index (χ3v) is 5.53. The van der Waals surface area contributed by atoms with E-state index in [4.69, 9.17) is 11.6 Å². The Kier molecular flexibility index (Phi) is 5.37. The molecule has 0 saturated heterocycles. The predicted molar refractivity (Wildman–Crippen MR) is 109 cm³/mol. The highest BCUT2D eigenvalue weighted by Gasteiger charge is 2.37. The molecule has 4 rings (SSSR count). The van der Waals surface area contributed by atoms with Crippen LogP contribution in [-0.4, -0.2) is 41.0 Å². The van der Waals surface area contributed by atoms with Gasteiger partial charge in [-0.1, -0.05) is 41.9 Å². The molecule has 1 aliphatic carbocycles. The van der Waals surface area contributed by atoms with Crippen LogP contribution in [0.3, 0.4) is 0 Å². The van der Waals surface area contributed by atoms with E-state index in [1.165, 1.54) is 16.0 Å². The Bertz CT molecular complexity index is 972. The number of likely N-dealkylation sites (N-methyl/N-ethyl adjacent to an activating group) is 1. The molecule has 29 heavy (non-hydrogen) atoms. The van der Waals surface area contributed by atoms with Crippen LogP contribution in [0.5, 0.6) is 0 Å². The van der Waals surface area contributed by atoms with E-state index in [2.05, 4.69) is 5.10 Å². The Morgan fingerprint density at radius 3 is 2.52 bits per heavy atom. The van der Waals surface area contributed by atoms with Gasteiger partial charge in [-0.25, -0.2) is 9.40 Å². The Balaban J connectivity index is 1.61. The molecule has 0 unspecified atom stereocenters. The van der Waals surface area contributed by atoms with Crippen LogP contribution >= 0.6 is 11.6 Å². The first-order valence-corrected chi connectivity index (χ1v) is 9.96. The van der Waals surface area contributed by atoms with Gasteiger partial charge in [-0.15, -0.1) is 0 Å². The SMILES string of the molecule is CN(CC(=O)N1N=C(c2ccccc2F)C[C@H]1c1ccc(Cl)cc1)C(=O)C1CC1. The van der Waals surface area contributed by atoms with Crippen molar-refractivity contribution in [3.05, 3.63) is 70.5 Å². The lowest BCUT2D eigenvalue weighted by Gasteiger charge is -2.25. The average molecular weight is 414 g/mol. The molecule has 0 spiro atoms. The number of hydrogen-bond donors (Lipinski definition) is 0. The summed E-state index contributed by atoms with van der Waals surface area (Å²) in [5.41, 5.74) is 1.74. The molecule has 1 heterocycles. The molecule has 0 radical (unpaired) electrons. The third kappa shape index (κ3) is 4.17.